The molecular formula is C23H20FIN2O3. The molecule has 2 aromatic carbocycles. The molecule has 0 radical (unpaired) electrons. The molecule has 5 nitrogen and oxygen atoms in total. The second-order valence-electron chi connectivity index (χ2n) is 7.72. The molecule has 3 aromatic rings. The summed E-state index contributed by atoms with van der Waals surface area (Å²) in [7, 11) is 0. The Balaban J connectivity index is 1.69. The van der Waals surface area contributed by atoms with Crippen LogP contribution in [0.25, 0.3) is 0 Å². The van der Waals surface area contributed by atoms with Gasteiger partial charge in [0.05, 0.1) is 30.5 Å². The number of hydrogen-bond donors (Lipinski definition) is 1. The van der Waals surface area contributed by atoms with E-state index in [1.807, 2.05) is 13.8 Å². The Morgan fingerprint density at radius 1 is 1.20 bits per heavy atom. The van der Waals surface area contributed by atoms with Gasteiger partial charge in [0.25, 0.3) is 5.91 Å². The first-order chi connectivity index (χ1) is 14.3. The highest BCUT2D eigenvalue weighted by atomic mass is 127. The standard InChI is InChI=1S/C23H20FIN2O3/c1-23(2)20-18(25)10-15(21(28)26-12-16-7-5-9-30-16)11-19(20)27(22(23)29)13-14-6-3-4-8-17(14)24/h3-11H,12-13H2,1-2H3,(H,26,28). The number of nitrogens with one attached hydrogen (secondary N) is 1. The third-order valence-corrected chi connectivity index (χ3v) is 6.17. The number of carbonyl (C=O) groups excluding carboxylic acids is 2. The first kappa shape index (κ1) is 20.6. The Labute approximate surface area is 187 Å². The molecule has 0 spiro atoms. The fourth-order valence-electron chi connectivity index (χ4n) is 3.75. The fourth-order valence-corrected chi connectivity index (χ4v) is 5.03. The van der Waals surface area contributed by atoms with Gasteiger partial charge in [-0.3, -0.25) is 9.59 Å². The van der Waals surface area contributed by atoms with Crippen molar-refractivity contribution in [3.05, 3.63) is 86.6 Å². The SMILES string of the molecule is CC1(C)C(=O)N(Cc2ccccc2F)c2cc(C(=O)NCc3ccco3)cc(I)c21. The number of nitrogens with zero attached hydrogens (tertiary/aromatic N) is 1. The predicted molar refractivity (Wildman–Crippen MR) is 120 cm³/mol. The monoisotopic (exact) mass is 518 g/mol. The number of amides is 2. The summed E-state index contributed by atoms with van der Waals surface area (Å²) in [6.45, 7) is 4.08. The smallest absolute Gasteiger partial charge is 0.251 e. The maximum atomic E-state index is 14.2. The van der Waals surface area contributed by atoms with Gasteiger partial charge in [0.1, 0.15) is 11.6 Å². The van der Waals surface area contributed by atoms with Crippen LogP contribution in [0.15, 0.2) is 59.2 Å². The average Bonchev–Trinajstić information content (AvgIpc) is 3.29. The molecule has 1 N–H and O–H groups in total. The lowest BCUT2D eigenvalue weighted by molar-refractivity contribution is -0.122. The molecular weight excluding hydrogens is 498 g/mol. The highest BCUT2D eigenvalue weighted by molar-refractivity contribution is 14.1. The number of hydrogen-bond acceptors (Lipinski definition) is 3. The molecule has 1 aliphatic rings. The first-order valence-electron chi connectivity index (χ1n) is 9.49. The lowest BCUT2D eigenvalue weighted by atomic mass is 9.86. The van der Waals surface area contributed by atoms with E-state index in [9.17, 15) is 14.0 Å². The summed E-state index contributed by atoms with van der Waals surface area (Å²) in [4.78, 5) is 27.5. The molecule has 0 unspecified atom stereocenters. The van der Waals surface area contributed by atoms with E-state index in [-0.39, 0.29) is 30.7 Å². The fraction of sp³-hybridized carbons (Fsp3) is 0.217. The van der Waals surface area contributed by atoms with Crippen LogP contribution in [0.1, 0.15) is 41.1 Å². The lowest BCUT2D eigenvalue weighted by Crippen LogP contribution is -2.36. The van der Waals surface area contributed by atoms with Crippen LogP contribution in [-0.2, 0) is 23.3 Å². The molecule has 0 atom stereocenters. The van der Waals surface area contributed by atoms with Gasteiger partial charge in [-0.1, -0.05) is 18.2 Å². The molecule has 0 saturated heterocycles. The molecule has 0 fully saturated rings. The molecule has 154 valence electrons. The minimum atomic E-state index is -0.764. The summed E-state index contributed by atoms with van der Waals surface area (Å²) in [5, 5.41) is 2.83. The van der Waals surface area contributed by atoms with E-state index in [2.05, 4.69) is 27.9 Å². The average molecular weight is 518 g/mol. The number of furan rings is 1. The van der Waals surface area contributed by atoms with E-state index < -0.39 is 5.41 Å². The van der Waals surface area contributed by atoms with Crippen molar-refractivity contribution in [1.82, 2.24) is 5.32 Å². The minimum absolute atomic E-state index is 0.107. The molecule has 4 rings (SSSR count). The first-order valence-corrected chi connectivity index (χ1v) is 10.6. The summed E-state index contributed by atoms with van der Waals surface area (Å²) >= 11 is 2.16. The molecule has 2 amide bonds. The molecule has 1 aliphatic heterocycles. The zero-order chi connectivity index (χ0) is 21.5. The van der Waals surface area contributed by atoms with Gasteiger partial charge in [-0.15, -0.1) is 0 Å². The number of carbonyl (C=O) groups is 2. The van der Waals surface area contributed by atoms with Crippen LogP contribution in [-0.4, -0.2) is 11.8 Å². The van der Waals surface area contributed by atoms with Gasteiger partial charge in [0.15, 0.2) is 0 Å². The predicted octanol–water partition coefficient (Wildman–Crippen LogP) is 4.78. The van der Waals surface area contributed by atoms with Crippen molar-refractivity contribution < 1.29 is 18.4 Å². The van der Waals surface area contributed by atoms with Crippen molar-refractivity contribution in [3.8, 4) is 0 Å². The van der Waals surface area contributed by atoms with Gasteiger partial charge in [-0.25, -0.2) is 4.39 Å². The molecule has 0 bridgehead atoms. The third kappa shape index (κ3) is 3.62. The molecule has 2 heterocycles. The van der Waals surface area contributed by atoms with Gasteiger partial charge < -0.3 is 14.6 Å². The van der Waals surface area contributed by atoms with Gasteiger partial charge in [-0.05, 0) is 66.8 Å². The maximum absolute atomic E-state index is 14.2. The van der Waals surface area contributed by atoms with Crippen LogP contribution >= 0.6 is 22.6 Å². The second-order valence-corrected chi connectivity index (χ2v) is 8.88. The summed E-state index contributed by atoms with van der Waals surface area (Å²) in [5.41, 5.74) is 1.60. The molecule has 0 aliphatic carbocycles. The normalized spacial score (nSPS) is 14.7. The van der Waals surface area contributed by atoms with E-state index in [4.69, 9.17) is 4.42 Å². The van der Waals surface area contributed by atoms with Gasteiger partial charge in [0, 0.05) is 20.3 Å². The molecule has 1 aromatic heterocycles. The van der Waals surface area contributed by atoms with Gasteiger partial charge in [0.2, 0.25) is 5.91 Å². The summed E-state index contributed by atoms with van der Waals surface area (Å²) < 4.78 is 20.3. The molecule has 7 heteroatoms. The van der Waals surface area contributed by atoms with Gasteiger partial charge in [-0.2, -0.15) is 0 Å². The number of anilines is 1. The van der Waals surface area contributed by atoms with Crippen LogP contribution in [0.3, 0.4) is 0 Å². The van der Waals surface area contributed by atoms with E-state index >= 15 is 0 Å². The van der Waals surface area contributed by atoms with Crippen molar-refractivity contribution in [1.29, 1.82) is 0 Å². The zero-order valence-corrected chi connectivity index (χ0v) is 18.7. The van der Waals surface area contributed by atoms with E-state index in [1.54, 1.807) is 53.6 Å². The van der Waals surface area contributed by atoms with Crippen molar-refractivity contribution in [2.45, 2.75) is 32.4 Å². The van der Waals surface area contributed by atoms with Gasteiger partial charge >= 0.3 is 0 Å². The van der Waals surface area contributed by atoms with Crippen LogP contribution in [0.2, 0.25) is 0 Å². The van der Waals surface area contributed by atoms with Crippen LogP contribution in [0.4, 0.5) is 10.1 Å². The Kier molecular flexibility index (Phi) is 5.40. The number of fused-ring (bicyclic) bond motifs is 1. The summed E-state index contributed by atoms with van der Waals surface area (Å²) in [5.74, 6) is -0.0998. The number of benzene rings is 2. The van der Waals surface area contributed by atoms with E-state index in [0.717, 1.165) is 9.13 Å². The van der Waals surface area contributed by atoms with Crippen LogP contribution in [0.5, 0.6) is 0 Å². The lowest BCUT2D eigenvalue weighted by Gasteiger charge is -2.21. The van der Waals surface area contributed by atoms with Crippen LogP contribution in [0, 0.1) is 9.39 Å². The summed E-state index contributed by atoms with van der Waals surface area (Å²) in [6.07, 6.45) is 1.55. The van der Waals surface area contributed by atoms with Crippen molar-refractivity contribution in [3.63, 3.8) is 0 Å². The second kappa shape index (κ2) is 7.86. The molecule has 0 saturated carbocycles. The van der Waals surface area contributed by atoms with Crippen molar-refractivity contribution >= 4 is 40.1 Å². The zero-order valence-electron chi connectivity index (χ0n) is 16.5. The number of halogens is 2. The summed E-state index contributed by atoms with van der Waals surface area (Å²) in [6, 6.07) is 13.4. The van der Waals surface area contributed by atoms with E-state index in [1.165, 1.54) is 6.07 Å². The Morgan fingerprint density at radius 2 is 1.97 bits per heavy atom. The highest BCUT2D eigenvalue weighted by Crippen LogP contribution is 2.45. The molecule has 30 heavy (non-hydrogen) atoms. The van der Waals surface area contributed by atoms with Crippen LogP contribution < -0.4 is 10.2 Å². The number of rotatable bonds is 5. The van der Waals surface area contributed by atoms with E-state index in [0.29, 0.717) is 22.6 Å². The quantitative estimate of drug-likeness (QED) is 0.495. The van der Waals surface area contributed by atoms with Crippen molar-refractivity contribution in [2.75, 3.05) is 4.90 Å². The Hall–Kier alpha value is -2.68. The Morgan fingerprint density at radius 3 is 2.67 bits per heavy atom. The van der Waals surface area contributed by atoms with Crippen molar-refractivity contribution in [2.24, 2.45) is 0 Å². The largest absolute Gasteiger partial charge is 0.467 e. The third-order valence-electron chi connectivity index (χ3n) is 5.32. The minimum Gasteiger partial charge on any atom is -0.467 e. The topological polar surface area (TPSA) is 62.6 Å². The highest BCUT2D eigenvalue weighted by Gasteiger charge is 2.45. The maximum Gasteiger partial charge on any atom is 0.251 e. The Bertz CT molecular complexity index is 1130.